The molecular formula is C18H26N2O3. The lowest BCUT2D eigenvalue weighted by Crippen LogP contribution is -2.35. The first-order valence-corrected chi connectivity index (χ1v) is 8.10. The molecule has 0 radical (unpaired) electrons. The average Bonchev–Trinajstić information content (AvgIpc) is 2.57. The Morgan fingerprint density at radius 2 is 1.78 bits per heavy atom. The lowest BCUT2D eigenvalue weighted by Gasteiger charge is -2.08. The summed E-state index contributed by atoms with van der Waals surface area (Å²) in [4.78, 5) is 23.5. The maximum Gasteiger partial charge on any atom is 0.313 e. The van der Waals surface area contributed by atoms with E-state index in [0.29, 0.717) is 24.6 Å². The van der Waals surface area contributed by atoms with Gasteiger partial charge in [0.1, 0.15) is 12.4 Å². The number of ether oxygens (including phenoxy) is 1. The number of carbonyl (C=O) groups is 2. The number of carbonyl (C=O) groups excluding carboxylic acids is 2. The summed E-state index contributed by atoms with van der Waals surface area (Å²) < 4.78 is 5.35. The molecule has 1 aromatic rings. The van der Waals surface area contributed by atoms with E-state index in [9.17, 15) is 9.59 Å². The van der Waals surface area contributed by atoms with Crippen LogP contribution in [0.5, 0.6) is 5.75 Å². The summed E-state index contributed by atoms with van der Waals surface area (Å²) in [6.45, 7) is 6.68. The molecule has 0 atom stereocenters. The molecule has 5 heteroatoms. The topological polar surface area (TPSA) is 67.4 Å². The van der Waals surface area contributed by atoms with Crippen molar-refractivity contribution in [1.82, 2.24) is 5.32 Å². The molecule has 126 valence electrons. The van der Waals surface area contributed by atoms with Gasteiger partial charge < -0.3 is 15.4 Å². The molecule has 0 heterocycles. The zero-order valence-corrected chi connectivity index (χ0v) is 13.8. The molecule has 0 aromatic heterocycles. The fraction of sp³-hybridized carbons (Fsp3) is 0.444. The van der Waals surface area contributed by atoms with Crippen molar-refractivity contribution in [2.45, 2.75) is 39.0 Å². The van der Waals surface area contributed by atoms with Crippen LogP contribution in [0.3, 0.4) is 0 Å². The summed E-state index contributed by atoms with van der Waals surface area (Å²) >= 11 is 0. The van der Waals surface area contributed by atoms with Gasteiger partial charge in [-0.15, -0.1) is 0 Å². The normalized spacial score (nSPS) is 9.96. The van der Waals surface area contributed by atoms with Crippen molar-refractivity contribution in [2.75, 3.05) is 18.5 Å². The highest BCUT2D eigenvalue weighted by Gasteiger charge is 2.12. The first kappa shape index (κ1) is 18.7. The van der Waals surface area contributed by atoms with Crippen LogP contribution in [-0.2, 0) is 9.59 Å². The molecule has 0 saturated heterocycles. The maximum absolute atomic E-state index is 11.8. The third-order valence-electron chi connectivity index (χ3n) is 3.25. The fourth-order valence-corrected chi connectivity index (χ4v) is 1.99. The standard InChI is InChI=1S/C18H26N2O3/c1-3-5-6-7-8-13-19-17(21)18(22)20-15-9-11-16(12-10-15)23-14-4-2/h4,9-12H,2-3,5-8,13-14H2,1H3,(H,19,21)(H,20,22). The van der Waals surface area contributed by atoms with Crippen LogP contribution >= 0.6 is 0 Å². The second-order valence-corrected chi connectivity index (χ2v) is 5.25. The summed E-state index contributed by atoms with van der Waals surface area (Å²) in [5.41, 5.74) is 0.555. The summed E-state index contributed by atoms with van der Waals surface area (Å²) in [7, 11) is 0. The van der Waals surface area contributed by atoms with Gasteiger partial charge in [0, 0.05) is 12.2 Å². The molecule has 23 heavy (non-hydrogen) atoms. The van der Waals surface area contributed by atoms with Gasteiger partial charge in [-0.3, -0.25) is 9.59 Å². The van der Waals surface area contributed by atoms with Gasteiger partial charge >= 0.3 is 11.8 Å². The average molecular weight is 318 g/mol. The Morgan fingerprint density at radius 3 is 2.43 bits per heavy atom. The predicted molar refractivity (Wildman–Crippen MR) is 92.5 cm³/mol. The molecule has 2 amide bonds. The maximum atomic E-state index is 11.8. The SMILES string of the molecule is C=CCOc1ccc(NC(=O)C(=O)NCCCCCCC)cc1. The van der Waals surface area contributed by atoms with Gasteiger partial charge in [0.15, 0.2) is 0 Å². The Hall–Kier alpha value is -2.30. The van der Waals surface area contributed by atoms with E-state index in [-0.39, 0.29) is 0 Å². The van der Waals surface area contributed by atoms with Crippen LogP contribution in [0.25, 0.3) is 0 Å². The minimum atomic E-state index is -0.654. The van der Waals surface area contributed by atoms with Crippen LogP contribution in [-0.4, -0.2) is 25.0 Å². The monoisotopic (exact) mass is 318 g/mol. The highest BCUT2D eigenvalue weighted by Crippen LogP contribution is 2.15. The van der Waals surface area contributed by atoms with Crippen LogP contribution < -0.4 is 15.4 Å². The van der Waals surface area contributed by atoms with Crippen LogP contribution in [0, 0.1) is 0 Å². The fourth-order valence-electron chi connectivity index (χ4n) is 1.99. The van der Waals surface area contributed by atoms with Crippen molar-refractivity contribution in [3.05, 3.63) is 36.9 Å². The van der Waals surface area contributed by atoms with Crippen molar-refractivity contribution in [3.63, 3.8) is 0 Å². The molecule has 0 bridgehead atoms. The van der Waals surface area contributed by atoms with Gasteiger partial charge in [-0.05, 0) is 30.7 Å². The molecule has 0 saturated carbocycles. The van der Waals surface area contributed by atoms with Gasteiger partial charge in [0.05, 0.1) is 0 Å². The zero-order chi connectivity index (χ0) is 16.9. The van der Waals surface area contributed by atoms with E-state index in [1.54, 1.807) is 30.3 Å². The molecule has 1 aromatic carbocycles. The first-order valence-electron chi connectivity index (χ1n) is 8.10. The third kappa shape index (κ3) is 8.04. The van der Waals surface area contributed by atoms with Crippen molar-refractivity contribution in [1.29, 1.82) is 0 Å². The van der Waals surface area contributed by atoms with E-state index >= 15 is 0 Å². The smallest absolute Gasteiger partial charge is 0.313 e. The number of unbranched alkanes of at least 4 members (excludes halogenated alkanes) is 4. The number of rotatable bonds is 10. The molecule has 5 nitrogen and oxygen atoms in total. The summed E-state index contributed by atoms with van der Waals surface area (Å²) in [5, 5.41) is 5.19. The van der Waals surface area contributed by atoms with Crippen LogP contribution in [0.1, 0.15) is 39.0 Å². The predicted octanol–water partition coefficient (Wildman–Crippen LogP) is 3.28. The minimum Gasteiger partial charge on any atom is -0.490 e. The number of hydrogen-bond donors (Lipinski definition) is 2. The van der Waals surface area contributed by atoms with Crippen molar-refractivity contribution in [3.8, 4) is 5.75 Å². The molecule has 0 unspecified atom stereocenters. The molecule has 1 rings (SSSR count). The van der Waals surface area contributed by atoms with E-state index in [2.05, 4.69) is 24.1 Å². The quantitative estimate of drug-likeness (QED) is 0.395. The van der Waals surface area contributed by atoms with Crippen molar-refractivity contribution in [2.24, 2.45) is 0 Å². The van der Waals surface area contributed by atoms with Crippen LogP contribution in [0.2, 0.25) is 0 Å². The Kier molecular flexibility index (Phi) is 9.20. The Bertz CT molecular complexity index is 497. The van der Waals surface area contributed by atoms with Gasteiger partial charge in [-0.1, -0.05) is 45.3 Å². The van der Waals surface area contributed by atoms with E-state index in [4.69, 9.17) is 4.74 Å². The van der Waals surface area contributed by atoms with Gasteiger partial charge in [0.25, 0.3) is 0 Å². The van der Waals surface area contributed by atoms with Crippen LogP contribution in [0.15, 0.2) is 36.9 Å². The summed E-state index contributed by atoms with van der Waals surface area (Å²) in [5.74, 6) is -0.578. The lowest BCUT2D eigenvalue weighted by atomic mass is 10.1. The number of benzene rings is 1. The highest BCUT2D eigenvalue weighted by molar-refractivity contribution is 6.39. The largest absolute Gasteiger partial charge is 0.490 e. The molecule has 2 N–H and O–H groups in total. The summed E-state index contributed by atoms with van der Waals surface area (Å²) in [6, 6.07) is 6.83. The van der Waals surface area contributed by atoms with Gasteiger partial charge in [-0.2, -0.15) is 0 Å². The second kappa shape index (κ2) is 11.3. The van der Waals surface area contributed by atoms with Crippen molar-refractivity contribution >= 4 is 17.5 Å². The van der Waals surface area contributed by atoms with E-state index in [1.807, 2.05) is 0 Å². The Balaban J connectivity index is 2.28. The Morgan fingerprint density at radius 1 is 1.09 bits per heavy atom. The third-order valence-corrected chi connectivity index (χ3v) is 3.25. The highest BCUT2D eigenvalue weighted by atomic mass is 16.5. The lowest BCUT2D eigenvalue weighted by molar-refractivity contribution is -0.136. The first-order chi connectivity index (χ1) is 11.2. The van der Waals surface area contributed by atoms with E-state index in [1.165, 1.54) is 19.3 Å². The molecule has 0 aliphatic rings. The summed E-state index contributed by atoms with van der Waals surface area (Å²) in [6.07, 6.45) is 7.19. The zero-order valence-electron chi connectivity index (χ0n) is 13.8. The van der Waals surface area contributed by atoms with E-state index in [0.717, 1.165) is 12.8 Å². The van der Waals surface area contributed by atoms with Gasteiger partial charge in [-0.25, -0.2) is 0 Å². The van der Waals surface area contributed by atoms with Crippen molar-refractivity contribution < 1.29 is 14.3 Å². The molecule has 0 fully saturated rings. The number of hydrogen-bond acceptors (Lipinski definition) is 3. The van der Waals surface area contributed by atoms with Crippen LogP contribution in [0.4, 0.5) is 5.69 Å². The molecular weight excluding hydrogens is 292 g/mol. The minimum absolute atomic E-state index is 0.423. The number of nitrogens with one attached hydrogen (secondary N) is 2. The molecule has 0 aliphatic heterocycles. The second-order valence-electron chi connectivity index (χ2n) is 5.25. The number of amides is 2. The molecule has 0 spiro atoms. The van der Waals surface area contributed by atoms with Gasteiger partial charge in [0.2, 0.25) is 0 Å². The van der Waals surface area contributed by atoms with E-state index < -0.39 is 11.8 Å². The Labute approximate surface area is 138 Å². The molecule has 0 aliphatic carbocycles. The number of anilines is 1.